The fourth-order valence-electron chi connectivity index (χ4n) is 2.28. The van der Waals surface area contributed by atoms with Crippen molar-refractivity contribution in [2.45, 2.75) is 19.3 Å². The van der Waals surface area contributed by atoms with Crippen LogP contribution in [0.5, 0.6) is 0 Å². The first-order chi connectivity index (χ1) is 9.70. The minimum absolute atomic E-state index is 0.155. The van der Waals surface area contributed by atoms with E-state index in [0.717, 1.165) is 23.1 Å². The predicted molar refractivity (Wildman–Crippen MR) is 80.6 cm³/mol. The van der Waals surface area contributed by atoms with Crippen LogP contribution in [0.3, 0.4) is 0 Å². The highest BCUT2D eigenvalue weighted by molar-refractivity contribution is 5.70. The van der Waals surface area contributed by atoms with Crippen LogP contribution in [0.2, 0.25) is 0 Å². The highest BCUT2D eigenvalue weighted by atomic mass is 16.4. The van der Waals surface area contributed by atoms with Crippen molar-refractivity contribution in [3.8, 4) is 11.1 Å². The molecular weight excluding hydrogens is 250 g/mol. The molecule has 3 nitrogen and oxygen atoms in total. The smallest absolute Gasteiger partial charge is 0.303 e. The average Bonchev–Trinajstić information content (AvgIpc) is 2.47. The van der Waals surface area contributed by atoms with E-state index >= 15 is 0 Å². The van der Waals surface area contributed by atoms with Crippen molar-refractivity contribution in [1.82, 2.24) is 0 Å². The third-order valence-corrected chi connectivity index (χ3v) is 3.32. The molecule has 0 spiro atoms. The molecule has 0 bridgehead atoms. The van der Waals surface area contributed by atoms with Crippen molar-refractivity contribution < 1.29 is 9.90 Å². The third kappa shape index (κ3) is 3.68. The van der Waals surface area contributed by atoms with Gasteiger partial charge in [0.15, 0.2) is 0 Å². The molecule has 104 valence electrons. The van der Waals surface area contributed by atoms with E-state index in [1.54, 1.807) is 0 Å². The second kappa shape index (κ2) is 6.87. The monoisotopic (exact) mass is 269 g/mol. The van der Waals surface area contributed by atoms with Gasteiger partial charge in [-0.3, -0.25) is 4.79 Å². The van der Waals surface area contributed by atoms with E-state index in [2.05, 4.69) is 24.3 Å². The quantitative estimate of drug-likeness (QED) is 0.847. The molecule has 0 unspecified atom stereocenters. The van der Waals surface area contributed by atoms with Crippen LogP contribution in [0.4, 0.5) is 0 Å². The lowest BCUT2D eigenvalue weighted by atomic mass is 9.96. The highest BCUT2D eigenvalue weighted by Crippen LogP contribution is 2.25. The molecule has 0 aliphatic heterocycles. The SMILES string of the molecule is NCCc1ccc(-c2ccccc2CCC(=O)O)cc1. The second-order valence-electron chi connectivity index (χ2n) is 4.79. The molecule has 0 radical (unpaired) electrons. The van der Waals surface area contributed by atoms with Gasteiger partial charge in [0.2, 0.25) is 0 Å². The summed E-state index contributed by atoms with van der Waals surface area (Å²) in [4.78, 5) is 10.7. The van der Waals surface area contributed by atoms with Crippen LogP contribution in [0.25, 0.3) is 11.1 Å². The van der Waals surface area contributed by atoms with Gasteiger partial charge < -0.3 is 10.8 Å². The van der Waals surface area contributed by atoms with Crippen molar-refractivity contribution in [3.05, 3.63) is 59.7 Å². The molecule has 0 saturated heterocycles. The van der Waals surface area contributed by atoms with Crippen LogP contribution < -0.4 is 5.73 Å². The molecule has 2 aromatic carbocycles. The molecule has 0 fully saturated rings. The lowest BCUT2D eigenvalue weighted by Gasteiger charge is -2.09. The first-order valence-corrected chi connectivity index (χ1v) is 6.80. The van der Waals surface area contributed by atoms with E-state index in [-0.39, 0.29) is 6.42 Å². The molecule has 2 rings (SSSR count). The Morgan fingerprint density at radius 3 is 2.35 bits per heavy atom. The standard InChI is InChI=1S/C17H19NO2/c18-12-11-13-5-7-15(8-6-13)16-4-2-1-3-14(16)9-10-17(19)20/h1-8H,9-12,18H2,(H,19,20). The van der Waals surface area contributed by atoms with Gasteiger partial charge in [0.25, 0.3) is 0 Å². The van der Waals surface area contributed by atoms with Crippen molar-refractivity contribution in [2.24, 2.45) is 5.73 Å². The summed E-state index contributed by atoms with van der Waals surface area (Å²) in [5.74, 6) is -0.766. The fourth-order valence-corrected chi connectivity index (χ4v) is 2.28. The van der Waals surface area contributed by atoms with Crippen molar-refractivity contribution in [3.63, 3.8) is 0 Å². The van der Waals surface area contributed by atoms with Gasteiger partial charge in [0.1, 0.15) is 0 Å². The van der Waals surface area contributed by atoms with Crippen molar-refractivity contribution in [1.29, 1.82) is 0 Å². The summed E-state index contributed by atoms with van der Waals surface area (Å²) in [5.41, 5.74) is 10.1. The number of carbonyl (C=O) groups is 1. The van der Waals surface area contributed by atoms with E-state index in [4.69, 9.17) is 10.8 Å². The number of carboxylic acids is 1. The van der Waals surface area contributed by atoms with Gasteiger partial charge in [-0.15, -0.1) is 0 Å². The Morgan fingerprint density at radius 2 is 1.70 bits per heavy atom. The molecular formula is C17H19NO2. The number of hydrogen-bond acceptors (Lipinski definition) is 2. The third-order valence-electron chi connectivity index (χ3n) is 3.32. The first kappa shape index (κ1) is 14.3. The zero-order chi connectivity index (χ0) is 14.4. The van der Waals surface area contributed by atoms with Crippen molar-refractivity contribution >= 4 is 5.97 Å². The molecule has 0 saturated carbocycles. The predicted octanol–water partition coefficient (Wildman–Crippen LogP) is 2.87. The molecule has 0 aromatic heterocycles. The fraction of sp³-hybridized carbons (Fsp3) is 0.235. The number of carboxylic acid groups (broad SMARTS) is 1. The van der Waals surface area contributed by atoms with E-state index in [1.807, 2.05) is 24.3 Å². The minimum Gasteiger partial charge on any atom is -0.481 e. The highest BCUT2D eigenvalue weighted by Gasteiger charge is 2.06. The summed E-state index contributed by atoms with van der Waals surface area (Å²) in [5, 5.41) is 8.82. The summed E-state index contributed by atoms with van der Waals surface area (Å²) < 4.78 is 0. The summed E-state index contributed by atoms with van der Waals surface area (Å²) in [6, 6.07) is 16.3. The molecule has 0 amide bonds. The minimum atomic E-state index is -0.766. The van der Waals surface area contributed by atoms with Gasteiger partial charge in [-0.05, 0) is 41.6 Å². The maximum atomic E-state index is 10.7. The number of aliphatic carboxylic acids is 1. The summed E-state index contributed by atoms with van der Waals surface area (Å²) in [7, 11) is 0. The zero-order valence-corrected chi connectivity index (χ0v) is 11.4. The van der Waals surface area contributed by atoms with Crippen LogP contribution >= 0.6 is 0 Å². The second-order valence-corrected chi connectivity index (χ2v) is 4.79. The number of aryl methyl sites for hydroxylation is 1. The normalized spacial score (nSPS) is 10.4. The molecule has 20 heavy (non-hydrogen) atoms. The molecule has 3 heteroatoms. The Balaban J connectivity index is 2.24. The Hall–Kier alpha value is -2.13. The maximum absolute atomic E-state index is 10.7. The van der Waals surface area contributed by atoms with Gasteiger partial charge in [-0.1, -0.05) is 48.5 Å². The van der Waals surface area contributed by atoms with Crippen LogP contribution in [0.15, 0.2) is 48.5 Å². The Labute approximate surface area is 119 Å². The van der Waals surface area contributed by atoms with E-state index in [1.165, 1.54) is 5.56 Å². The number of rotatable bonds is 6. The number of hydrogen-bond donors (Lipinski definition) is 2. The number of benzene rings is 2. The lowest BCUT2D eigenvalue weighted by molar-refractivity contribution is -0.136. The molecule has 0 aliphatic carbocycles. The molecule has 3 N–H and O–H groups in total. The van der Waals surface area contributed by atoms with Gasteiger partial charge in [0.05, 0.1) is 0 Å². The first-order valence-electron chi connectivity index (χ1n) is 6.80. The molecule has 0 atom stereocenters. The summed E-state index contributed by atoms with van der Waals surface area (Å²) in [6.07, 6.45) is 1.58. The van der Waals surface area contributed by atoms with Gasteiger partial charge in [-0.25, -0.2) is 0 Å². The Bertz CT molecular complexity index is 576. The van der Waals surface area contributed by atoms with E-state index in [0.29, 0.717) is 13.0 Å². The van der Waals surface area contributed by atoms with Crippen LogP contribution in [-0.2, 0) is 17.6 Å². The molecule has 2 aromatic rings. The summed E-state index contributed by atoms with van der Waals surface area (Å²) in [6.45, 7) is 0.647. The molecule has 0 heterocycles. The Kier molecular flexibility index (Phi) is 4.91. The van der Waals surface area contributed by atoms with Gasteiger partial charge in [0, 0.05) is 6.42 Å². The van der Waals surface area contributed by atoms with Gasteiger partial charge >= 0.3 is 5.97 Å². The largest absolute Gasteiger partial charge is 0.481 e. The van der Waals surface area contributed by atoms with Gasteiger partial charge in [-0.2, -0.15) is 0 Å². The average molecular weight is 269 g/mol. The summed E-state index contributed by atoms with van der Waals surface area (Å²) >= 11 is 0. The maximum Gasteiger partial charge on any atom is 0.303 e. The topological polar surface area (TPSA) is 63.3 Å². The van der Waals surface area contributed by atoms with Crippen LogP contribution in [-0.4, -0.2) is 17.6 Å². The van der Waals surface area contributed by atoms with E-state index < -0.39 is 5.97 Å². The van der Waals surface area contributed by atoms with Crippen molar-refractivity contribution in [2.75, 3.05) is 6.54 Å². The lowest BCUT2D eigenvalue weighted by Crippen LogP contribution is -2.02. The van der Waals surface area contributed by atoms with E-state index in [9.17, 15) is 4.79 Å². The van der Waals surface area contributed by atoms with Crippen LogP contribution in [0, 0.1) is 0 Å². The Morgan fingerprint density at radius 1 is 1.00 bits per heavy atom. The zero-order valence-electron chi connectivity index (χ0n) is 11.4. The number of nitrogens with two attached hydrogens (primary N) is 1. The van der Waals surface area contributed by atoms with Crippen LogP contribution in [0.1, 0.15) is 17.5 Å². The molecule has 0 aliphatic rings.